The standard InChI is InChI=1S/C15H28N2O/c1-11(2)8-10-17(12-6-7-12)14(18)15(3)9-4-5-13(15)16/h11-13H,4-10,16H2,1-3H3. The van der Waals surface area contributed by atoms with Crippen molar-refractivity contribution >= 4 is 5.91 Å². The van der Waals surface area contributed by atoms with Gasteiger partial charge >= 0.3 is 0 Å². The fraction of sp³-hybridized carbons (Fsp3) is 0.933. The van der Waals surface area contributed by atoms with Crippen LogP contribution in [0.1, 0.15) is 59.3 Å². The number of nitrogens with zero attached hydrogens (tertiary/aromatic N) is 1. The Morgan fingerprint density at radius 2 is 2.06 bits per heavy atom. The minimum Gasteiger partial charge on any atom is -0.339 e. The van der Waals surface area contributed by atoms with E-state index in [1.54, 1.807) is 0 Å². The van der Waals surface area contributed by atoms with Crippen LogP contribution in [0.3, 0.4) is 0 Å². The molecule has 2 atom stereocenters. The van der Waals surface area contributed by atoms with Crippen LogP contribution in [-0.2, 0) is 4.79 Å². The van der Waals surface area contributed by atoms with Gasteiger partial charge < -0.3 is 10.6 Å². The lowest BCUT2D eigenvalue weighted by atomic mass is 9.83. The zero-order chi connectivity index (χ0) is 13.3. The summed E-state index contributed by atoms with van der Waals surface area (Å²) in [4.78, 5) is 15.0. The van der Waals surface area contributed by atoms with Crippen molar-refractivity contribution in [2.75, 3.05) is 6.54 Å². The third-order valence-electron chi connectivity index (χ3n) is 4.71. The van der Waals surface area contributed by atoms with Crippen molar-refractivity contribution in [2.45, 2.75) is 71.4 Å². The summed E-state index contributed by atoms with van der Waals surface area (Å²) in [5.74, 6) is 0.986. The monoisotopic (exact) mass is 252 g/mol. The van der Waals surface area contributed by atoms with Crippen molar-refractivity contribution in [3.63, 3.8) is 0 Å². The van der Waals surface area contributed by atoms with Gasteiger partial charge in [-0.2, -0.15) is 0 Å². The highest BCUT2D eigenvalue weighted by atomic mass is 16.2. The Kier molecular flexibility index (Phi) is 4.00. The summed E-state index contributed by atoms with van der Waals surface area (Å²) < 4.78 is 0. The van der Waals surface area contributed by atoms with Crippen LogP contribution in [0.25, 0.3) is 0 Å². The SMILES string of the molecule is CC(C)CCN(C(=O)C1(C)CCCC1N)C1CC1. The lowest BCUT2D eigenvalue weighted by molar-refractivity contribution is -0.142. The predicted octanol–water partition coefficient (Wildman–Crippen LogP) is 2.54. The zero-order valence-electron chi connectivity index (χ0n) is 12.1. The topological polar surface area (TPSA) is 46.3 Å². The molecular weight excluding hydrogens is 224 g/mol. The van der Waals surface area contributed by atoms with Gasteiger partial charge in [-0.25, -0.2) is 0 Å². The molecule has 1 amide bonds. The zero-order valence-corrected chi connectivity index (χ0v) is 12.1. The Balaban J connectivity index is 2.03. The minimum absolute atomic E-state index is 0.0605. The molecule has 2 aliphatic carbocycles. The van der Waals surface area contributed by atoms with Crippen LogP contribution < -0.4 is 5.73 Å². The maximum Gasteiger partial charge on any atom is 0.230 e. The largest absolute Gasteiger partial charge is 0.339 e. The van der Waals surface area contributed by atoms with Crippen molar-refractivity contribution in [1.82, 2.24) is 4.90 Å². The first-order chi connectivity index (χ1) is 8.45. The van der Waals surface area contributed by atoms with Crippen LogP contribution >= 0.6 is 0 Å². The highest BCUT2D eigenvalue weighted by Crippen LogP contribution is 2.41. The fourth-order valence-electron chi connectivity index (χ4n) is 3.02. The second-order valence-corrected chi connectivity index (χ2v) is 6.83. The Morgan fingerprint density at radius 1 is 1.39 bits per heavy atom. The molecule has 0 bridgehead atoms. The normalized spacial score (nSPS) is 31.9. The van der Waals surface area contributed by atoms with Crippen LogP contribution in [0.4, 0.5) is 0 Å². The number of hydrogen-bond acceptors (Lipinski definition) is 2. The fourth-order valence-corrected chi connectivity index (χ4v) is 3.02. The second kappa shape index (κ2) is 5.20. The molecule has 3 heteroatoms. The Labute approximate surface area is 111 Å². The molecule has 2 rings (SSSR count). The van der Waals surface area contributed by atoms with Gasteiger partial charge in [0.2, 0.25) is 5.91 Å². The average molecular weight is 252 g/mol. The number of nitrogens with two attached hydrogens (primary N) is 1. The van der Waals surface area contributed by atoms with Crippen molar-refractivity contribution in [3.8, 4) is 0 Å². The maximum atomic E-state index is 12.8. The van der Waals surface area contributed by atoms with Crippen molar-refractivity contribution in [2.24, 2.45) is 17.1 Å². The summed E-state index contributed by atoms with van der Waals surface area (Å²) in [6.45, 7) is 7.44. The van der Waals surface area contributed by atoms with Gasteiger partial charge in [0.25, 0.3) is 0 Å². The van der Waals surface area contributed by atoms with E-state index in [0.717, 1.165) is 32.2 Å². The molecular formula is C15H28N2O. The van der Waals surface area contributed by atoms with E-state index < -0.39 is 0 Å². The van der Waals surface area contributed by atoms with Crippen molar-refractivity contribution < 1.29 is 4.79 Å². The van der Waals surface area contributed by atoms with Gasteiger partial charge in [0, 0.05) is 18.6 Å². The van der Waals surface area contributed by atoms with E-state index in [2.05, 4.69) is 25.7 Å². The van der Waals surface area contributed by atoms with Crippen LogP contribution in [0.5, 0.6) is 0 Å². The number of carbonyl (C=O) groups excluding carboxylic acids is 1. The summed E-state index contributed by atoms with van der Waals surface area (Å²) in [7, 11) is 0. The highest BCUT2D eigenvalue weighted by Gasteiger charge is 2.47. The minimum atomic E-state index is -0.292. The first kappa shape index (κ1) is 13.9. The lowest BCUT2D eigenvalue weighted by Crippen LogP contribution is -2.50. The van der Waals surface area contributed by atoms with Gasteiger partial charge in [-0.1, -0.05) is 20.3 Å². The van der Waals surface area contributed by atoms with E-state index in [-0.39, 0.29) is 11.5 Å². The quantitative estimate of drug-likeness (QED) is 0.817. The van der Waals surface area contributed by atoms with Crippen LogP contribution in [0.15, 0.2) is 0 Å². The predicted molar refractivity (Wildman–Crippen MR) is 74.1 cm³/mol. The molecule has 2 fully saturated rings. The van der Waals surface area contributed by atoms with Crippen LogP contribution in [0.2, 0.25) is 0 Å². The molecule has 0 spiro atoms. The smallest absolute Gasteiger partial charge is 0.230 e. The van der Waals surface area contributed by atoms with E-state index in [1.807, 2.05) is 0 Å². The Morgan fingerprint density at radius 3 is 2.50 bits per heavy atom. The van der Waals surface area contributed by atoms with Crippen LogP contribution in [-0.4, -0.2) is 29.4 Å². The molecule has 2 N–H and O–H groups in total. The molecule has 2 saturated carbocycles. The third-order valence-corrected chi connectivity index (χ3v) is 4.71. The summed E-state index contributed by atoms with van der Waals surface area (Å²) in [5.41, 5.74) is 5.89. The summed E-state index contributed by atoms with van der Waals surface area (Å²) in [6, 6.07) is 0.575. The van der Waals surface area contributed by atoms with E-state index >= 15 is 0 Å². The number of amides is 1. The van der Waals surface area contributed by atoms with E-state index in [1.165, 1.54) is 12.8 Å². The number of hydrogen-bond donors (Lipinski definition) is 1. The van der Waals surface area contributed by atoms with Gasteiger partial charge in [-0.3, -0.25) is 4.79 Å². The molecule has 104 valence electrons. The first-order valence-electron chi connectivity index (χ1n) is 7.52. The van der Waals surface area contributed by atoms with E-state index in [0.29, 0.717) is 17.9 Å². The molecule has 0 radical (unpaired) electrons. The summed E-state index contributed by atoms with van der Waals surface area (Å²) >= 11 is 0. The van der Waals surface area contributed by atoms with Gasteiger partial charge in [0.15, 0.2) is 0 Å². The molecule has 0 aliphatic heterocycles. The molecule has 2 aliphatic rings. The van der Waals surface area contributed by atoms with Gasteiger partial charge in [-0.15, -0.1) is 0 Å². The maximum absolute atomic E-state index is 12.8. The van der Waals surface area contributed by atoms with Crippen molar-refractivity contribution in [1.29, 1.82) is 0 Å². The third kappa shape index (κ3) is 2.71. The average Bonchev–Trinajstić information content (AvgIpc) is 3.07. The molecule has 0 heterocycles. The lowest BCUT2D eigenvalue weighted by Gasteiger charge is -2.35. The second-order valence-electron chi connectivity index (χ2n) is 6.83. The molecule has 18 heavy (non-hydrogen) atoms. The molecule has 2 unspecified atom stereocenters. The van der Waals surface area contributed by atoms with Crippen molar-refractivity contribution in [3.05, 3.63) is 0 Å². The Bertz CT molecular complexity index is 312. The first-order valence-corrected chi connectivity index (χ1v) is 7.52. The number of carbonyl (C=O) groups is 1. The molecule has 3 nitrogen and oxygen atoms in total. The summed E-state index contributed by atoms with van der Waals surface area (Å²) in [6.07, 6.45) is 6.56. The molecule has 0 aromatic rings. The summed E-state index contributed by atoms with van der Waals surface area (Å²) in [5, 5.41) is 0. The molecule has 0 aromatic heterocycles. The highest BCUT2D eigenvalue weighted by molar-refractivity contribution is 5.84. The van der Waals surface area contributed by atoms with Gasteiger partial charge in [0.05, 0.1) is 5.41 Å². The van der Waals surface area contributed by atoms with E-state index in [4.69, 9.17) is 5.73 Å². The number of rotatable bonds is 5. The Hall–Kier alpha value is -0.570. The molecule has 0 aromatic carbocycles. The van der Waals surface area contributed by atoms with Crippen LogP contribution in [0, 0.1) is 11.3 Å². The molecule has 0 saturated heterocycles. The van der Waals surface area contributed by atoms with Gasteiger partial charge in [0.1, 0.15) is 0 Å². The van der Waals surface area contributed by atoms with E-state index in [9.17, 15) is 4.79 Å². The van der Waals surface area contributed by atoms with Gasteiger partial charge in [-0.05, 0) is 44.9 Å².